The van der Waals surface area contributed by atoms with Gasteiger partial charge in [-0.3, -0.25) is 0 Å². The quantitative estimate of drug-likeness (QED) is 0.455. The summed E-state index contributed by atoms with van der Waals surface area (Å²) in [6, 6.07) is 2.94. The Kier molecular flexibility index (Phi) is 2.84. The van der Waals surface area contributed by atoms with Crippen LogP contribution in [0.4, 0.5) is 4.39 Å². The maximum Gasteiger partial charge on any atom is 0.157 e. The first kappa shape index (κ1) is 9.94. The molecule has 0 spiro atoms. The maximum absolute atomic E-state index is 13.0. The Morgan fingerprint density at radius 1 is 1.38 bits per heavy atom. The monoisotopic (exact) mass is 193 g/mol. The fraction of sp³-hybridized carbons (Fsp3) is 0.300. The molecule has 1 aromatic heterocycles. The van der Waals surface area contributed by atoms with Crippen LogP contribution in [0.1, 0.15) is 5.69 Å². The Bertz CT molecular complexity index is 357. The number of rotatable bonds is 0. The number of pyridine rings is 1. The van der Waals surface area contributed by atoms with Crippen LogP contribution in [0.3, 0.4) is 0 Å². The van der Waals surface area contributed by atoms with Crippen molar-refractivity contribution in [2.75, 3.05) is 0 Å². The Morgan fingerprint density at radius 2 is 2.08 bits per heavy atom. The second-order valence-electron chi connectivity index (χ2n) is 3.83. The van der Waals surface area contributed by atoms with Crippen molar-refractivity contribution in [3.63, 3.8) is 0 Å². The Labute approximate surface area is 79.0 Å². The van der Waals surface area contributed by atoms with Crippen molar-refractivity contribution in [3.05, 3.63) is 29.8 Å². The fourth-order valence-electron chi connectivity index (χ4n) is 0.724. The molecule has 0 bridgehead atoms. The molecule has 0 radical (unpaired) electrons. The Hall–Kier alpha value is -1.14. The van der Waals surface area contributed by atoms with Gasteiger partial charge in [-0.2, -0.15) is 0 Å². The smallest absolute Gasteiger partial charge is 0.157 e. The summed E-state index contributed by atoms with van der Waals surface area (Å²) in [7, 11) is -1.43. The number of aromatic nitrogens is 1. The molecule has 1 rings (SSSR count). The summed E-state index contributed by atoms with van der Waals surface area (Å²) in [5, 5.41) is 0. The summed E-state index contributed by atoms with van der Waals surface area (Å²) >= 11 is 0. The van der Waals surface area contributed by atoms with Crippen molar-refractivity contribution >= 4 is 8.07 Å². The van der Waals surface area contributed by atoms with Gasteiger partial charge in [-0.05, 0) is 12.1 Å². The molecule has 0 aliphatic heterocycles. The third-order valence-corrected chi connectivity index (χ3v) is 2.19. The second-order valence-corrected chi connectivity index (χ2v) is 8.58. The van der Waals surface area contributed by atoms with E-state index in [4.69, 9.17) is 0 Å². The third kappa shape index (κ3) is 3.39. The van der Waals surface area contributed by atoms with Gasteiger partial charge in [-0.15, -0.1) is 5.54 Å². The van der Waals surface area contributed by atoms with Gasteiger partial charge in [0.2, 0.25) is 0 Å². The second kappa shape index (κ2) is 3.71. The number of hydrogen-bond acceptors (Lipinski definition) is 1. The van der Waals surface area contributed by atoms with Gasteiger partial charge in [0.15, 0.2) is 5.82 Å². The van der Waals surface area contributed by atoms with Crippen LogP contribution in [0, 0.1) is 17.3 Å². The topological polar surface area (TPSA) is 12.9 Å². The van der Waals surface area contributed by atoms with Crippen LogP contribution in [0.2, 0.25) is 19.6 Å². The number of halogens is 1. The summed E-state index contributed by atoms with van der Waals surface area (Å²) < 4.78 is 13.0. The van der Waals surface area contributed by atoms with Crippen LogP contribution in [0.15, 0.2) is 18.3 Å². The summed E-state index contributed by atoms with van der Waals surface area (Å²) in [4.78, 5) is 3.85. The molecule has 0 N–H and O–H groups in total. The van der Waals surface area contributed by atoms with Crippen molar-refractivity contribution in [3.8, 4) is 11.5 Å². The van der Waals surface area contributed by atoms with E-state index in [0.717, 1.165) is 0 Å². The minimum absolute atomic E-state index is 0.255. The van der Waals surface area contributed by atoms with Gasteiger partial charge in [0.25, 0.3) is 0 Å². The molecule has 0 saturated carbocycles. The van der Waals surface area contributed by atoms with Gasteiger partial charge in [0, 0.05) is 6.20 Å². The molecule has 0 aliphatic rings. The van der Waals surface area contributed by atoms with Crippen molar-refractivity contribution in [2.45, 2.75) is 19.6 Å². The van der Waals surface area contributed by atoms with Crippen LogP contribution >= 0.6 is 0 Å². The van der Waals surface area contributed by atoms with E-state index in [1.165, 1.54) is 6.07 Å². The molecule has 13 heavy (non-hydrogen) atoms. The van der Waals surface area contributed by atoms with E-state index < -0.39 is 8.07 Å². The molecule has 1 nitrogen and oxygen atoms in total. The van der Waals surface area contributed by atoms with Crippen LogP contribution in [-0.4, -0.2) is 13.1 Å². The molecule has 68 valence electrons. The lowest BCUT2D eigenvalue weighted by Gasteiger charge is -2.03. The highest BCUT2D eigenvalue weighted by atomic mass is 28.3. The van der Waals surface area contributed by atoms with Crippen LogP contribution in [0.25, 0.3) is 0 Å². The summed E-state index contributed by atoms with van der Waals surface area (Å²) in [5.41, 5.74) is 3.32. The molecular weight excluding hydrogens is 181 g/mol. The molecule has 0 saturated heterocycles. The van der Waals surface area contributed by atoms with Crippen LogP contribution in [-0.2, 0) is 0 Å². The minimum atomic E-state index is -1.43. The van der Waals surface area contributed by atoms with E-state index in [1.807, 2.05) is 0 Å². The average molecular weight is 193 g/mol. The van der Waals surface area contributed by atoms with E-state index >= 15 is 0 Å². The molecule has 0 atom stereocenters. The molecule has 0 aliphatic carbocycles. The average Bonchev–Trinajstić information content (AvgIpc) is 2.01. The standard InChI is InChI=1S/C10H12FNSi/c1-13(2,3)8-6-10-9(11)5-4-7-12-10/h4-5,7H,1-3H3. The predicted octanol–water partition coefficient (Wildman–Crippen LogP) is 2.45. The van der Waals surface area contributed by atoms with Crippen LogP contribution in [0.5, 0.6) is 0 Å². The van der Waals surface area contributed by atoms with Gasteiger partial charge >= 0.3 is 0 Å². The zero-order chi connectivity index (χ0) is 9.90. The molecule has 0 fully saturated rings. The summed E-state index contributed by atoms with van der Waals surface area (Å²) in [6.07, 6.45) is 1.55. The lowest BCUT2D eigenvalue weighted by atomic mass is 10.3. The van der Waals surface area contributed by atoms with E-state index in [1.54, 1.807) is 12.3 Å². The van der Waals surface area contributed by atoms with Crippen molar-refractivity contribution in [1.29, 1.82) is 0 Å². The van der Waals surface area contributed by atoms with E-state index in [-0.39, 0.29) is 11.5 Å². The Morgan fingerprint density at radius 3 is 2.62 bits per heavy atom. The molecule has 0 aromatic carbocycles. The largest absolute Gasteiger partial charge is 0.245 e. The maximum atomic E-state index is 13.0. The third-order valence-electron chi connectivity index (χ3n) is 1.31. The van der Waals surface area contributed by atoms with Gasteiger partial charge in [0.1, 0.15) is 13.8 Å². The highest BCUT2D eigenvalue weighted by Gasteiger charge is 2.08. The predicted molar refractivity (Wildman–Crippen MR) is 54.4 cm³/mol. The first-order valence-corrected chi connectivity index (χ1v) is 7.63. The van der Waals surface area contributed by atoms with Crippen molar-refractivity contribution in [1.82, 2.24) is 4.98 Å². The van der Waals surface area contributed by atoms with Crippen molar-refractivity contribution < 1.29 is 4.39 Å². The first-order valence-electron chi connectivity index (χ1n) is 4.13. The summed E-state index contributed by atoms with van der Waals surface area (Å²) in [6.45, 7) is 6.34. The van der Waals surface area contributed by atoms with Gasteiger partial charge < -0.3 is 0 Å². The number of nitrogens with zero attached hydrogens (tertiary/aromatic N) is 1. The number of hydrogen-bond donors (Lipinski definition) is 0. The lowest BCUT2D eigenvalue weighted by Crippen LogP contribution is -2.16. The Balaban J connectivity index is 2.97. The summed E-state index contributed by atoms with van der Waals surface area (Å²) in [5.74, 6) is 2.44. The highest BCUT2D eigenvalue weighted by Crippen LogP contribution is 2.02. The van der Waals surface area contributed by atoms with Crippen molar-refractivity contribution in [2.24, 2.45) is 0 Å². The SMILES string of the molecule is C[Si](C)(C)C#Cc1ncccc1F. The zero-order valence-electron chi connectivity index (χ0n) is 8.06. The zero-order valence-corrected chi connectivity index (χ0v) is 9.06. The van der Waals surface area contributed by atoms with Crippen LogP contribution < -0.4 is 0 Å². The van der Waals surface area contributed by atoms with Gasteiger partial charge in [-0.1, -0.05) is 25.6 Å². The molecule has 3 heteroatoms. The van der Waals surface area contributed by atoms with E-state index in [2.05, 4.69) is 36.1 Å². The van der Waals surface area contributed by atoms with Gasteiger partial charge in [-0.25, -0.2) is 9.37 Å². The van der Waals surface area contributed by atoms with Gasteiger partial charge in [0.05, 0.1) is 0 Å². The normalized spacial score (nSPS) is 10.5. The van der Waals surface area contributed by atoms with E-state index in [9.17, 15) is 4.39 Å². The first-order chi connectivity index (χ1) is 5.99. The lowest BCUT2D eigenvalue weighted by molar-refractivity contribution is 0.617. The minimum Gasteiger partial charge on any atom is -0.245 e. The molecule has 0 amide bonds. The fourth-order valence-corrected chi connectivity index (χ4v) is 1.22. The molecule has 1 heterocycles. The molecule has 0 unspecified atom stereocenters. The molecule has 1 aromatic rings. The highest BCUT2D eigenvalue weighted by molar-refractivity contribution is 6.83. The van der Waals surface area contributed by atoms with E-state index in [0.29, 0.717) is 0 Å². The molecular formula is C10H12FNSi.